The van der Waals surface area contributed by atoms with Gasteiger partial charge in [0.15, 0.2) is 5.78 Å². The Bertz CT molecular complexity index is 833. The standard InChI is InChI=1S/C23H33N3O3/c1-22-9-7-18-17-6-4-16(28)13-15(17)3-5-19(18)20(22)8-10-23(22,29)21-14-26(25-24-21)11-2-12-27/h13-14,17-20,27,29H,2-12H2,1H3/t17?,18?,19?,20?,22-,23+/m0/s1. The quantitative estimate of drug-likeness (QED) is 0.813. The van der Waals surface area contributed by atoms with Crippen molar-refractivity contribution in [2.24, 2.45) is 29.1 Å². The lowest BCUT2D eigenvalue weighted by molar-refractivity contribution is -0.126. The fraction of sp³-hybridized carbons (Fsp3) is 0.783. The van der Waals surface area contributed by atoms with Crippen molar-refractivity contribution in [1.82, 2.24) is 15.0 Å². The van der Waals surface area contributed by atoms with E-state index in [2.05, 4.69) is 17.2 Å². The highest BCUT2D eigenvalue weighted by atomic mass is 16.3. The summed E-state index contributed by atoms with van der Waals surface area (Å²) >= 11 is 0. The van der Waals surface area contributed by atoms with Crippen molar-refractivity contribution in [3.8, 4) is 0 Å². The lowest BCUT2D eigenvalue weighted by Crippen LogP contribution is -2.51. The third-order valence-electron chi connectivity index (χ3n) is 8.96. The van der Waals surface area contributed by atoms with Gasteiger partial charge in [-0.25, -0.2) is 0 Å². The van der Waals surface area contributed by atoms with Crippen LogP contribution >= 0.6 is 0 Å². The van der Waals surface area contributed by atoms with E-state index in [1.165, 1.54) is 5.57 Å². The zero-order valence-corrected chi connectivity index (χ0v) is 17.4. The van der Waals surface area contributed by atoms with E-state index in [0.717, 1.165) is 44.9 Å². The van der Waals surface area contributed by atoms with Crippen LogP contribution in [0.25, 0.3) is 0 Å². The maximum absolute atomic E-state index is 11.9. The van der Waals surface area contributed by atoms with Crippen molar-refractivity contribution in [3.63, 3.8) is 0 Å². The first-order valence-electron chi connectivity index (χ1n) is 11.4. The van der Waals surface area contributed by atoms with Gasteiger partial charge in [0.05, 0.1) is 6.20 Å². The second kappa shape index (κ2) is 7.02. The molecule has 6 nitrogen and oxygen atoms in total. The van der Waals surface area contributed by atoms with Gasteiger partial charge in [0.1, 0.15) is 11.3 Å². The van der Waals surface area contributed by atoms with Gasteiger partial charge in [0.2, 0.25) is 0 Å². The molecule has 6 atom stereocenters. The minimum atomic E-state index is -0.918. The van der Waals surface area contributed by atoms with Crippen LogP contribution in [-0.2, 0) is 16.9 Å². The monoisotopic (exact) mass is 399 g/mol. The second-order valence-corrected chi connectivity index (χ2v) is 10.1. The van der Waals surface area contributed by atoms with Crippen molar-refractivity contribution in [3.05, 3.63) is 23.5 Å². The van der Waals surface area contributed by atoms with Crippen LogP contribution in [0.15, 0.2) is 17.8 Å². The van der Waals surface area contributed by atoms with Gasteiger partial charge >= 0.3 is 0 Å². The van der Waals surface area contributed by atoms with Gasteiger partial charge in [0, 0.05) is 25.0 Å². The molecule has 29 heavy (non-hydrogen) atoms. The Kier molecular flexibility index (Phi) is 4.70. The number of hydrogen-bond donors (Lipinski definition) is 2. The summed E-state index contributed by atoms with van der Waals surface area (Å²) in [5.41, 5.74) is 1.03. The summed E-state index contributed by atoms with van der Waals surface area (Å²) in [6.07, 6.45) is 12.4. The molecule has 2 N–H and O–H groups in total. The Hall–Kier alpha value is -1.53. The lowest BCUT2D eigenvalue weighted by Gasteiger charge is -2.55. The average molecular weight is 400 g/mol. The topological polar surface area (TPSA) is 88.2 Å². The normalized spacial score (nSPS) is 41.5. The SMILES string of the molecule is C[C@]12CCC3C4CCC(=O)C=C4CCC3C1CC[C@@]2(O)c1cn(CCCO)nn1. The Morgan fingerprint density at radius 2 is 2.03 bits per heavy atom. The zero-order valence-electron chi connectivity index (χ0n) is 17.4. The molecule has 0 aliphatic heterocycles. The van der Waals surface area contributed by atoms with E-state index in [1.54, 1.807) is 4.68 Å². The Labute approximate surface area is 172 Å². The maximum atomic E-state index is 11.9. The molecule has 0 saturated heterocycles. The first kappa shape index (κ1) is 19.4. The first-order valence-corrected chi connectivity index (χ1v) is 11.4. The van der Waals surface area contributed by atoms with Gasteiger partial charge in [-0.2, -0.15) is 0 Å². The van der Waals surface area contributed by atoms with Crippen LogP contribution < -0.4 is 0 Å². The molecule has 4 unspecified atom stereocenters. The summed E-state index contributed by atoms with van der Waals surface area (Å²) in [7, 11) is 0. The summed E-state index contributed by atoms with van der Waals surface area (Å²) in [4.78, 5) is 11.9. The van der Waals surface area contributed by atoms with Gasteiger partial charge in [-0.05, 0) is 81.1 Å². The van der Waals surface area contributed by atoms with E-state index in [0.29, 0.717) is 54.5 Å². The van der Waals surface area contributed by atoms with Gasteiger partial charge in [-0.1, -0.05) is 17.7 Å². The molecule has 1 aromatic rings. The molecule has 6 heteroatoms. The number of aliphatic hydroxyl groups excluding tert-OH is 1. The lowest BCUT2D eigenvalue weighted by atomic mass is 9.50. The smallest absolute Gasteiger partial charge is 0.155 e. The van der Waals surface area contributed by atoms with Crippen LogP contribution in [0.5, 0.6) is 0 Å². The average Bonchev–Trinajstić information content (AvgIpc) is 3.29. The Balaban J connectivity index is 1.41. The van der Waals surface area contributed by atoms with Crippen LogP contribution in [0.4, 0.5) is 0 Å². The Morgan fingerprint density at radius 3 is 2.86 bits per heavy atom. The molecule has 158 valence electrons. The van der Waals surface area contributed by atoms with E-state index >= 15 is 0 Å². The second-order valence-electron chi connectivity index (χ2n) is 10.1. The molecule has 1 heterocycles. The molecule has 5 rings (SSSR count). The highest BCUT2D eigenvalue weighted by molar-refractivity contribution is 5.91. The number of allylic oxidation sites excluding steroid dienone is 1. The largest absolute Gasteiger partial charge is 0.396 e. The molecule has 0 amide bonds. The highest BCUT2D eigenvalue weighted by Gasteiger charge is 2.63. The zero-order chi connectivity index (χ0) is 20.2. The number of aromatic nitrogens is 3. The van der Waals surface area contributed by atoms with Crippen molar-refractivity contribution in [2.75, 3.05) is 6.61 Å². The first-order chi connectivity index (χ1) is 14.0. The highest BCUT2D eigenvalue weighted by Crippen LogP contribution is 2.67. The fourth-order valence-corrected chi connectivity index (χ4v) is 7.45. The predicted molar refractivity (Wildman–Crippen MR) is 108 cm³/mol. The van der Waals surface area contributed by atoms with Crippen LogP contribution in [0.1, 0.15) is 70.4 Å². The number of aryl methyl sites for hydroxylation is 1. The molecule has 0 aromatic carbocycles. The van der Waals surface area contributed by atoms with Gasteiger partial charge in [-0.3, -0.25) is 9.48 Å². The van der Waals surface area contributed by atoms with E-state index < -0.39 is 5.60 Å². The summed E-state index contributed by atoms with van der Waals surface area (Å²) in [5, 5.41) is 29.5. The van der Waals surface area contributed by atoms with Crippen LogP contribution in [-0.4, -0.2) is 37.6 Å². The maximum Gasteiger partial charge on any atom is 0.155 e. The molecule has 3 saturated carbocycles. The number of fused-ring (bicyclic) bond motifs is 5. The van der Waals surface area contributed by atoms with E-state index in [-0.39, 0.29) is 12.0 Å². The number of rotatable bonds is 4. The summed E-state index contributed by atoms with van der Waals surface area (Å²) in [5.74, 6) is 2.72. The number of aliphatic hydroxyl groups is 2. The summed E-state index contributed by atoms with van der Waals surface area (Å²) in [6.45, 7) is 3.04. The molecule has 0 spiro atoms. The molecule has 4 aliphatic rings. The number of carbonyl (C=O) groups is 1. The number of nitrogens with zero attached hydrogens (tertiary/aromatic N) is 3. The Morgan fingerprint density at radius 1 is 1.17 bits per heavy atom. The van der Waals surface area contributed by atoms with Crippen molar-refractivity contribution >= 4 is 5.78 Å². The minimum Gasteiger partial charge on any atom is -0.396 e. The fourth-order valence-electron chi connectivity index (χ4n) is 7.45. The molecule has 0 bridgehead atoms. The molecular weight excluding hydrogens is 366 g/mol. The summed E-state index contributed by atoms with van der Waals surface area (Å²) < 4.78 is 1.75. The van der Waals surface area contributed by atoms with Gasteiger partial charge in [-0.15, -0.1) is 5.10 Å². The third kappa shape index (κ3) is 2.86. The van der Waals surface area contributed by atoms with Gasteiger partial charge < -0.3 is 10.2 Å². The van der Waals surface area contributed by atoms with Crippen molar-refractivity contribution in [1.29, 1.82) is 0 Å². The van der Waals surface area contributed by atoms with Crippen LogP contribution in [0.3, 0.4) is 0 Å². The molecule has 0 radical (unpaired) electrons. The third-order valence-corrected chi connectivity index (χ3v) is 8.96. The molecule has 4 aliphatic carbocycles. The number of carbonyl (C=O) groups excluding carboxylic acids is 1. The number of hydrogen-bond acceptors (Lipinski definition) is 5. The van der Waals surface area contributed by atoms with Crippen molar-refractivity contribution in [2.45, 2.75) is 76.9 Å². The number of ketones is 1. The van der Waals surface area contributed by atoms with Crippen molar-refractivity contribution < 1.29 is 15.0 Å². The van der Waals surface area contributed by atoms with Crippen LogP contribution in [0, 0.1) is 29.1 Å². The van der Waals surface area contributed by atoms with Gasteiger partial charge in [0.25, 0.3) is 0 Å². The predicted octanol–water partition coefficient (Wildman–Crippen LogP) is 2.99. The minimum absolute atomic E-state index is 0.130. The van der Waals surface area contributed by atoms with E-state index in [9.17, 15) is 9.90 Å². The summed E-state index contributed by atoms with van der Waals surface area (Å²) in [6, 6.07) is 0. The van der Waals surface area contributed by atoms with E-state index in [1.807, 2.05) is 12.3 Å². The molecule has 1 aromatic heterocycles. The van der Waals surface area contributed by atoms with E-state index in [4.69, 9.17) is 5.11 Å². The van der Waals surface area contributed by atoms with Crippen LogP contribution in [0.2, 0.25) is 0 Å². The molecule has 3 fully saturated rings. The molecular formula is C23H33N3O3.